The van der Waals surface area contributed by atoms with Gasteiger partial charge in [0, 0.05) is 38.9 Å². The summed E-state index contributed by atoms with van der Waals surface area (Å²) in [5.41, 5.74) is 1.21. The van der Waals surface area contributed by atoms with Gasteiger partial charge in [-0.25, -0.2) is 4.79 Å². The maximum Gasteiger partial charge on any atom is 0.328 e. The van der Waals surface area contributed by atoms with Gasteiger partial charge in [-0.15, -0.1) is 0 Å². The molecule has 49 heavy (non-hydrogen) atoms. The number of aromatic nitrogens is 1. The number of ether oxygens (including phenoxy) is 1. The van der Waals surface area contributed by atoms with E-state index in [0.717, 1.165) is 29.5 Å². The van der Waals surface area contributed by atoms with Crippen molar-refractivity contribution in [3.63, 3.8) is 0 Å². The van der Waals surface area contributed by atoms with Crippen LogP contribution >= 0.6 is 13.5 Å². The number of hydrogen-bond acceptors (Lipinski definition) is 6. The average Bonchev–Trinajstić information content (AvgIpc) is 3.12. The van der Waals surface area contributed by atoms with Crippen LogP contribution in [0.2, 0.25) is 0 Å². The van der Waals surface area contributed by atoms with Crippen LogP contribution in [0.15, 0.2) is 77.7 Å². The highest BCUT2D eigenvalue weighted by Crippen LogP contribution is 2.49. The second-order valence-electron chi connectivity index (χ2n) is 13.1. The van der Waals surface area contributed by atoms with E-state index in [-0.39, 0.29) is 55.1 Å². The Morgan fingerprint density at radius 2 is 1.59 bits per heavy atom. The molecule has 2 aromatic carbocycles. The Morgan fingerprint density at radius 1 is 0.878 bits per heavy atom. The largest absolute Gasteiger partial charge is 0.464 e. The average molecular weight is 687 g/mol. The van der Waals surface area contributed by atoms with E-state index in [1.165, 1.54) is 10.6 Å². The molecule has 3 amide bonds. The lowest BCUT2D eigenvalue weighted by molar-refractivity contribution is -0.158. The quantitative estimate of drug-likeness (QED) is 0.376. The first-order chi connectivity index (χ1) is 23.3. The van der Waals surface area contributed by atoms with Crippen LogP contribution in [0, 0.1) is 0 Å². The molecule has 3 atom stereocenters. The zero-order chi connectivity index (χ0) is 33.8. The van der Waals surface area contributed by atoms with Gasteiger partial charge in [-0.05, 0) is 80.7 Å². The number of nitrogens with one attached hydrogen (secondary N) is 1. The molecule has 3 aromatic rings. The minimum absolute atomic E-state index is 0. The molecule has 2 aliphatic heterocycles. The van der Waals surface area contributed by atoms with E-state index in [0.29, 0.717) is 51.7 Å². The second-order valence-corrected chi connectivity index (χ2v) is 13.1. The number of nitrogens with zero attached hydrogens (tertiary/aromatic N) is 3. The molecule has 2 fully saturated rings. The van der Waals surface area contributed by atoms with Crippen LogP contribution in [0.3, 0.4) is 0 Å². The number of carbonyl (C=O) groups is 4. The molecular formula is C38H46N4O6S. The maximum absolute atomic E-state index is 15.0. The maximum atomic E-state index is 15.0. The van der Waals surface area contributed by atoms with Gasteiger partial charge >= 0.3 is 5.97 Å². The molecule has 1 aliphatic carbocycles. The molecule has 1 unspecified atom stereocenters. The summed E-state index contributed by atoms with van der Waals surface area (Å²) in [5.74, 6) is -1.29. The molecule has 260 valence electrons. The van der Waals surface area contributed by atoms with Crippen molar-refractivity contribution in [3.8, 4) is 0 Å². The number of amides is 3. The summed E-state index contributed by atoms with van der Waals surface area (Å²) < 4.78 is 6.79. The Morgan fingerprint density at radius 3 is 2.33 bits per heavy atom. The molecule has 3 heterocycles. The summed E-state index contributed by atoms with van der Waals surface area (Å²) in [4.78, 5) is 71.1. The normalized spacial score (nSPS) is 22.3. The first-order valence-electron chi connectivity index (χ1n) is 17.1. The third-order valence-electron chi connectivity index (χ3n) is 10.4. The van der Waals surface area contributed by atoms with Crippen LogP contribution in [0.4, 0.5) is 0 Å². The number of pyridine rings is 1. The Bertz CT molecular complexity index is 1740. The topological polar surface area (TPSA) is 118 Å². The number of aryl methyl sites for hydroxylation is 1. The molecule has 0 radical (unpaired) electrons. The number of benzene rings is 2. The van der Waals surface area contributed by atoms with Gasteiger partial charge in [-0.1, -0.05) is 54.6 Å². The third-order valence-corrected chi connectivity index (χ3v) is 10.4. The molecule has 2 saturated heterocycles. The fourth-order valence-corrected chi connectivity index (χ4v) is 7.87. The van der Waals surface area contributed by atoms with Crippen LogP contribution in [0.5, 0.6) is 0 Å². The fourth-order valence-electron chi connectivity index (χ4n) is 7.87. The zero-order valence-electron chi connectivity index (χ0n) is 28.2. The van der Waals surface area contributed by atoms with Crippen molar-refractivity contribution in [2.45, 2.75) is 75.3 Å². The predicted octanol–water partition coefficient (Wildman–Crippen LogP) is 4.03. The van der Waals surface area contributed by atoms with Crippen LogP contribution in [0.1, 0.15) is 84.8 Å². The van der Waals surface area contributed by atoms with Gasteiger partial charge in [0.05, 0.1) is 17.9 Å². The van der Waals surface area contributed by atoms with Crippen molar-refractivity contribution < 1.29 is 23.9 Å². The van der Waals surface area contributed by atoms with Crippen molar-refractivity contribution in [2.75, 3.05) is 26.2 Å². The van der Waals surface area contributed by atoms with Crippen LogP contribution in [0.25, 0.3) is 0 Å². The Labute approximate surface area is 294 Å². The van der Waals surface area contributed by atoms with Crippen molar-refractivity contribution in [3.05, 3.63) is 106 Å². The molecule has 1 N–H and O–H groups in total. The molecule has 10 nitrogen and oxygen atoms in total. The highest BCUT2D eigenvalue weighted by molar-refractivity contribution is 7.59. The second kappa shape index (κ2) is 15.4. The Kier molecular flexibility index (Phi) is 11.3. The van der Waals surface area contributed by atoms with E-state index in [2.05, 4.69) is 5.32 Å². The lowest BCUT2D eigenvalue weighted by Gasteiger charge is -2.46. The number of likely N-dealkylation sites (tertiary alicyclic amines) is 2. The van der Waals surface area contributed by atoms with Crippen LogP contribution < -0.4 is 10.9 Å². The van der Waals surface area contributed by atoms with E-state index in [9.17, 15) is 24.0 Å². The predicted molar refractivity (Wildman–Crippen MR) is 191 cm³/mol. The van der Waals surface area contributed by atoms with Gasteiger partial charge in [-0.3, -0.25) is 19.2 Å². The number of hydrogen-bond donors (Lipinski definition) is 1. The third kappa shape index (κ3) is 6.90. The summed E-state index contributed by atoms with van der Waals surface area (Å²) in [6.45, 7) is 3.47. The molecule has 0 bridgehead atoms. The van der Waals surface area contributed by atoms with Gasteiger partial charge in [0.15, 0.2) is 0 Å². The monoisotopic (exact) mass is 686 g/mol. The lowest BCUT2D eigenvalue weighted by Crippen LogP contribution is -2.57. The van der Waals surface area contributed by atoms with Crippen molar-refractivity contribution in [2.24, 2.45) is 7.05 Å². The molecule has 11 heteroatoms. The van der Waals surface area contributed by atoms with E-state index < -0.39 is 23.3 Å². The van der Waals surface area contributed by atoms with Crippen molar-refractivity contribution in [1.82, 2.24) is 19.7 Å². The molecule has 3 aliphatic rings. The lowest BCUT2D eigenvalue weighted by atomic mass is 9.62. The van der Waals surface area contributed by atoms with E-state index in [1.807, 2.05) is 59.5 Å². The van der Waals surface area contributed by atoms with E-state index >= 15 is 0 Å². The van der Waals surface area contributed by atoms with Crippen LogP contribution in [-0.2, 0) is 31.6 Å². The zero-order valence-corrected chi connectivity index (χ0v) is 29.2. The Hall–Kier alpha value is -4.38. The summed E-state index contributed by atoms with van der Waals surface area (Å²) in [6, 6.07) is 19.9. The summed E-state index contributed by atoms with van der Waals surface area (Å²) in [7, 11) is 1.61. The number of rotatable bonds is 7. The summed E-state index contributed by atoms with van der Waals surface area (Å²) in [6.07, 6.45) is 5.90. The van der Waals surface area contributed by atoms with Gasteiger partial charge in [0.1, 0.15) is 11.6 Å². The van der Waals surface area contributed by atoms with Gasteiger partial charge in [-0.2, -0.15) is 13.5 Å². The SMILES string of the molecule is CCOC(=O)C1CCCCN1C(=O)[C@@]1(c2ccccc2)CC[C@H](C(=O)N2CCC(NC(=O)c3cccn(C)c3=O)CC2)c2ccccc21.S. The molecule has 1 aromatic heterocycles. The fraction of sp³-hybridized carbons (Fsp3) is 0.447. The summed E-state index contributed by atoms with van der Waals surface area (Å²) in [5, 5.41) is 2.98. The van der Waals surface area contributed by atoms with Crippen molar-refractivity contribution in [1.29, 1.82) is 0 Å². The molecule has 0 saturated carbocycles. The Balaban J connectivity index is 0.00000468. The molecular weight excluding hydrogens is 641 g/mol. The first-order valence-corrected chi connectivity index (χ1v) is 17.1. The summed E-state index contributed by atoms with van der Waals surface area (Å²) >= 11 is 0. The molecule has 6 rings (SSSR count). The van der Waals surface area contributed by atoms with Crippen molar-refractivity contribution >= 4 is 37.2 Å². The van der Waals surface area contributed by atoms with E-state index in [4.69, 9.17) is 4.74 Å². The van der Waals surface area contributed by atoms with Gasteiger partial charge in [0.2, 0.25) is 11.8 Å². The van der Waals surface area contributed by atoms with Gasteiger partial charge < -0.3 is 24.4 Å². The van der Waals surface area contributed by atoms with E-state index in [1.54, 1.807) is 31.1 Å². The smallest absolute Gasteiger partial charge is 0.328 e. The number of carbonyl (C=O) groups excluding carboxylic acids is 4. The number of piperidine rings is 2. The molecule has 0 spiro atoms. The first kappa shape index (κ1) is 35.9. The minimum atomic E-state index is -1.05. The minimum Gasteiger partial charge on any atom is -0.464 e. The highest BCUT2D eigenvalue weighted by Gasteiger charge is 2.52. The standard InChI is InChI=1S/C38H44N4O6.H2S/c1-3-48-36(46)32-17-9-10-23-42(32)37(47)38(26-12-5-4-6-13-26)21-18-29(28-14-7-8-16-31(28)38)35(45)41-24-19-27(20-25-41)39-33(43)30-15-11-22-40(2)34(30)44;/h4-8,11-16,22,27,29,32H,3,9-10,17-21,23-25H2,1-2H3,(H,39,43);1H2/t29-,32?,38+;/m0./s1. The van der Waals surface area contributed by atoms with Crippen LogP contribution in [-0.4, -0.2) is 76.4 Å². The number of esters is 1. The highest BCUT2D eigenvalue weighted by atomic mass is 32.1. The van der Waals surface area contributed by atoms with Gasteiger partial charge in [0.25, 0.3) is 11.5 Å². The number of fused-ring (bicyclic) bond motifs is 1.